The zero-order chi connectivity index (χ0) is 10.7. The molecule has 0 bridgehead atoms. The predicted molar refractivity (Wildman–Crippen MR) is 58.7 cm³/mol. The molecule has 0 heterocycles. The van der Waals surface area contributed by atoms with E-state index in [0.29, 0.717) is 13.0 Å². The fourth-order valence-corrected chi connectivity index (χ4v) is 0.664. The van der Waals surface area contributed by atoms with Gasteiger partial charge in [0.25, 0.3) is 0 Å². The van der Waals surface area contributed by atoms with Crippen molar-refractivity contribution in [2.75, 3.05) is 6.54 Å². The zero-order valence-electron chi connectivity index (χ0n) is 9.44. The van der Waals surface area contributed by atoms with Gasteiger partial charge in [0, 0.05) is 13.0 Å². The van der Waals surface area contributed by atoms with Crippen LogP contribution in [0.3, 0.4) is 0 Å². The number of nitrogens with one attached hydrogen (secondary N) is 1. The van der Waals surface area contributed by atoms with Crippen LogP contribution in [0, 0.1) is 0 Å². The van der Waals surface area contributed by atoms with E-state index in [0.717, 1.165) is 18.4 Å². The Morgan fingerprint density at radius 3 is 2.23 bits per heavy atom. The van der Waals surface area contributed by atoms with Gasteiger partial charge in [-0.05, 0) is 12.8 Å². The Balaban J connectivity index is 0. The summed E-state index contributed by atoms with van der Waals surface area (Å²) in [6, 6.07) is 0. The molecule has 13 heavy (non-hydrogen) atoms. The molecule has 0 unspecified atom stereocenters. The number of carbonyl (C=O) groups excluding carboxylic acids is 1. The largest absolute Gasteiger partial charge is 0.352 e. The lowest BCUT2D eigenvalue weighted by Crippen LogP contribution is -2.24. The SMILES string of the molecule is C=C(CC)CNC(=O)CCC.CC. The molecule has 2 heteroatoms. The number of amides is 1. The molecule has 0 spiro atoms. The van der Waals surface area contributed by atoms with Crippen molar-refractivity contribution < 1.29 is 4.79 Å². The van der Waals surface area contributed by atoms with E-state index < -0.39 is 0 Å². The molecular weight excluding hydrogens is 162 g/mol. The highest BCUT2D eigenvalue weighted by Gasteiger charge is 1.97. The normalized spacial score (nSPS) is 8.31. The summed E-state index contributed by atoms with van der Waals surface area (Å²) >= 11 is 0. The first-order chi connectivity index (χ1) is 6.20. The Morgan fingerprint density at radius 2 is 1.85 bits per heavy atom. The van der Waals surface area contributed by atoms with Crippen molar-refractivity contribution in [3.63, 3.8) is 0 Å². The highest BCUT2D eigenvalue weighted by Crippen LogP contribution is 1.93. The van der Waals surface area contributed by atoms with Crippen LogP contribution in [0.2, 0.25) is 0 Å². The molecule has 78 valence electrons. The molecule has 0 aliphatic rings. The van der Waals surface area contributed by atoms with Crippen molar-refractivity contribution in [1.29, 1.82) is 0 Å². The third-order valence-corrected chi connectivity index (χ3v) is 1.51. The number of hydrogen-bond donors (Lipinski definition) is 1. The maximum atomic E-state index is 10.9. The van der Waals surface area contributed by atoms with Gasteiger partial charge in [-0.3, -0.25) is 4.79 Å². The summed E-state index contributed by atoms with van der Waals surface area (Å²) in [6.45, 7) is 12.5. The topological polar surface area (TPSA) is 29.1 Å². The number of rotatable bonds is 5. The first-order valence-corrected chi connectivity index (χ1v) is 5.14. The molecule has 0 aromatic rings. The highest BCUT2D eigenvalue weighted by atomic mass is 16.1. The van der Waals surface area contributed by atoms with E-state index in [-0.39, 0.29) is 5.91 Å². The predicted octanol–water partition coefficient (Wildman–Crippen LogP) is 2.90. The minimum Gasteiger partial charge on any atom is -0.352 e. The summed E-state index contributed by atoms with van der Waals surface area (Å²) < 4.78 is 0. The lowest BCUT2D eigenvalue weighted by atomic mass is 10.2. The number of carbonyl (C=O) groups is 1. The van der Waals surface area contributed by atoms with E-state index in [9.17, 15) is 4.79 Å². The van der Waals surface area contributed by atoms with Crippen LogP contribution in [-0.4, -0.2) is 12.5 Å². The lowest BCUT2D eigenvalue weighted by Gasteiger charge is -2.04. The summed E-state index contributed by atoms with van der Waals surface area (Å²) in [7, 11) is 0. The molecule has 0 aliphatic carbocycles. The van der Waals surface area contributed by atoms with Gasteiger partial charge in [0.1, 0.15) is 0 Å². The van der Waals surface area contributed by atoms with Crippen molar-refractivity contribution in [1.82, 2.24) is 5.32 Å². The van der Waals surface area contributed by atoms with Gasteiger partial charge < -0.3 is 5.32 Å². The van der Waals surface area contributed by atoms with Crippen LogP contribution in [0.1, 0.15) is 47.0 Å². The molecular formula is C11H23NO. The Kier molecular flexibility index (Phi) is 12.7. The van der Waals surface area contributed by atoms with Gasteiger partial charge in [0.2, 0.25) is 5.91 Å². The molecule has 0 atom stereocenters. The van der Waals surface area contributed by atoms with Crippen LogP contribution in [0.5, 0.6) is 0 Å². The second-order valence-electron chi connectivity index (χ2n) is 2.63. The van der Waals surface area contributed by atoms with Gasteiger partial charge in [-0.25, -0.2) is 0 Å². The fraction of sp³-hybridized carbons (Fsp3) is 0.727. The lowest BCUT2D eigenvalue weighted by molar-refractivity contribution is -0.120. The monoisotopic (exact) mass is 185 g/mol. The van der Waals surface area contributed by atoms with Gasteiger partial charge in [-0.15, -0.1) is 0 Å². The van der Waals surface area contributed by atoms with E-state index in [1.54, 1.807) is 0 Å². The Bertz CT molecular complexity index is 141. The van der Waals surface area contributed by atoms with E-state index in [1.807, 2.05) is 27.7 Å². The molecule has 2 nitrogen and oxygen atoms in total. The third-order valence-electron chi connectivity index (χ3n) is 1.51. The summed E-state index contributed by atoms with van der Waals surface area (Å²) in [5.41, 5.74) is 1.08. The first-order valence-electron chi connectivity index (χ1n) is 5.14. The van der Waals surface area contributed by atoms with Crippen molar-refractivity contribution in [3.05, 3.63) is 12.2 Å². The van der Waals surface area contributed by atoms with Crippen molar-refractivity contribution in [3.8, 4) is 0 Å². The first kappa shape index (κ1) is 14.7. The van der Waals surface area contributed by atoms with E-state index >= 15 is 0 Å². The highest BCUT2D eigenvalue weighted by molar-refractivity contribution is 5.75. The molecule has 0 radical (unpaired) electrons. The van der Waals surface area contributed by atoms with Crippen LogP contribution >= 0.6 is 0 Å². The van der Waals surface area contributed by atoms with Crippen LogP contribution in [0.15, 0.2) is 12.2 Å². The summed E-state index contributed by atoms with van der Waals surface area (Å²) in [5.74, 6) is 0.127. The second-order valence-corrected chi connectivity index (χ2v) is 2.63. The molecule has 1 amide bonds. The Labute approximate surface area is 82.4 Å². The summed E-state index contributed by atoms with van der Waals surface area (Å²) in [5, 5.41) is 2.80. The average molecular weight is 185 g/mol. The standard InChI is InChI=1S/C9H17NO.C2H6/c1-4-6-9(11)10-7-8(3)5-2;1-2/h3-7H2,1-2H3,(H,10,11);1-2H3. The second kappa shape index (κ2) is 11.2. The van der Waals surface area contributed by atoms with Gasteiger partial charge in [0.05, 0.1) is 0 Å². The Hall–Kier alpha value is -0.790. The molecule has 0 saturated carbocycles. The molecule has 0 fully saturated rings. The average Bonchev–Trinajstić information content (AvgIpc) is 2.18. The maximum Gasteiger partial charge on any atom is 0.220 e. The fourth-order valence-electron chi connectivity index (χ4n) is 0.664. The molecule has 0 rings (SSSR count). The van der Waals surface area contributed by atoms with E-state index in [1.165, 1.54) is 0 Å². The number of hydrogen-bond acceptors (Lipinski definition) is 1. The van der Waals surface area contributed by atoms with Gasteiger partial charge in [0.15, 0.2) is 0 Å². The van der Waals surface area contributed by atoms with E-state index in [2.05, 4.69) is 11.9 Å². The van der Waals surface area contributed by atoms with Crippen LogP contribution in [0.25, 0.3) is 0 Å². The van der Waals surface area contributed by atoms with Gasteiger partial charge >= 0.3 is 0 Å². The molecule has 0 aliphatic heterocycles. The van der Waals surface area contributed by atoms with Crippen LogP contribution in [-0.2, 0) is 4.79 Å². The van der Waals surface area contributed by atoms with E-state index in [4.69, 9.17) is 0 Å². The summed E-state index contributed by atoms with van der Waals surface area (Å²) in [6.07, 6.45) is 2.47. The van der Waals surface area contributed by atoms with Crippen LogP contribution < -0.4 is 5.32 Å². The van der Waals surface area contributed by atoms with Gasteiger partial charge in [-0.2, -0.15) is 0 Å². The minimum absolute atomic E-state index is 0.127. The molecule has 0 saturated heterocycles. The third kappa shape index (κ3) is 11.2. The minimum atomic E-state index is 0.127. The molecule has 0 aromatic carbocycles. The molecule has 1 N–H and O–H groups in total. The van der Waals surface area contributed by atoms with Gasteiger partial charge in [-0.1, -0.05) is 39.8 Å². The Morgan fingerprint density at radius 1 is 1.31 bits per heavy atom. The van der Waals surface area contributed by atoms with Crippen molar-refractivity contribution in [2.45, 2.75) is 47.0 Å². The quantitative estimate of drug-likeness (QED) is 0.656. The smallest absolute Gasteiger partial charge is 0.220 e. The van der Waals surface area contributed by atoms with Crippen LogP contribution in [0.4, 0.5) is 0 Å². The molecule has 0 aromatic heterocycles. The van der Waals surface area contributed by atoms with Crippen molar-refractivity contribution >= 4 is 5.91 Å². The maximum absolute atomic E-state index is 10.9. The summed E-state index contributed by atoms with van der Waals surface area (Å²) in [4.78, 5) is 10.9. The zero-order valence-corrected chi connectivity index (χ0v) is 9.44. The van der Waals surface area contributed by atoms with Crippen molar-refractivity contribution in [2.24, 2.45) is 0 Å².